The molecule has 6 aromatic carbocycles. The molecule has 0 amide bonds. The van der Waals surface area contributed by atoms with Crippen LogP contribution in [0.25, 0.3) is 0 Å². The van der Waals surface area contributed by atoms with Crippen molar-refractivity contribution in [3.05, 3.63) is 182 Å². The third kappa shape index (κ3) is 9.64. The van der Waals surface area contributed by atoms with Crippen molar-refractivity contribution in [2.24, 2.45) is 0 Å². The second kappa shape index (κ2) is 15.5. The molecule has 0 aliphatic rings. The molecule has 6 aromatic rings. The molecule has 0 aliphatic carbocycles. The van der Waals surface area contributed by atoms with E-state index in [0.717, 1.165) is 0 Å². The van der Waals surface area contributed by atoms with Gasteiger partial charge in [-0.15, -0.1) is 0 Å². The molecule has 0 unspecified atom stereocenters. The minimum absolute atomic E-state index is 0.405. The Kier molecular flexibility index (Phi) is 10.7. The van der Waals surface area contributed by atoms with E-state index in [-0.39, 0.29) is 0 Å². The topological polar surface area (TPSA) is 80.3 Å². The minimum atomic E-state index is -3.89. The lowest BCUT2D eigenvalue weighted by atomic mass is 10.3. The largest absolute Gasteiger partial charge is 0.647 e. The predicted octanol–water partition coefficient (Wildman–Crippen LogP) is 9.99. The molecule has 0 fully saturated rings. The molecule has 0 N–H and O–H groups in total. The van der Waals surface area contributed by atoms with Crippen molar-refractivity contribution < 1.29 is 31.7 Å². The summed E-state index contributed by atoms with van der Waals surface area (Å²) < 4.78 is 54.4. The molecule has 0 heterocycles. The van der Waals surface area contributed by atoms with Crippen LogP contribution >= 0.6 is 15.4 Å². The summed E-state index contributed by atoms with van der Waals surface area (Å²) in [6.07, 6.45) is 0. The molecule has 0 saturated carbocycles. The maximum atomic E-state index is 13.3. The van der Waals surface area contributed by atoms with Crippen LogP contribution in [0.4, 0.5) is 0 Å². The van der Waals surface area contributed by atoms with Gasteiger partial charge in [0.1, 0.15) is 28.7 Å². The summed E-state index contributed by atoms with van der Waals surface area (Å²) in [7, 11) is -7.40. The van der Waals surface area contributed by atoms with Gasteiger partial charge in [0.05, 0.1) is 5.30 Å². The molecule has 6 rings (SSSR count). The first kappa shape index (κ1) is 31.2. The van der Waals surface area contributed by atoms with E-state index in [9.17, 15) is 9.13 Å². The Morgan fingerprint density at radius 2 is 0.511 bits per heavy atom. The molecule has 7 nitrogen and oxygen atoms in total. The molecular weight excluding hydrogens is 606 g/mol. The normalized spacial score (nSPS) is 10.8. The predicted molar refractivity (Wildman–Crippen MR) is 177 cm³/mol. The molecule has 45 heavy (non-hydrogen) atoms. The van der Waals surface area contributed by atoms with E-state index in [2.05, 4.69) is 0 Å². The zero-order chi connectivity index (χ0) is 31.2. The van der Waals surface area contributed by atoms with E-state index in [4.69, 9.17) is 22.6 Å². The van der Waals surface area contributed by atoms with Crippen LogP contribution in [0.5, 0.6) is 28.7 Å². The van der Waals surface area contributed by atoms with Crippen LogP contribution in [0.15, 0.2) is 182 Å². The molecule has 0 bridgehead atoms. The Morgan fingerprint density at radius 1 is 0.289 bits per heavy atom. The second-order valence-electron chi connectivity index (χ2n) is 9.30. The van der Waals surface area contributed by atoms with E-state index in [1.165, 1.54) is 0 Å². The van der Waals surface area contributed by atoms with Crippen LogP contribution in [0.2, 0.25) is 0 Å². The molecular formula is C36H30O7P2. The number of para-hydroxylation sites is 5. The molecule has 0 aliphatic heterocycles. The summed E-state index contributed by atoms with van der Waals surface area (Å²) in [6.45, 7) is 0. The Hall–Kier alpha value is -5.22. The fourth-order valence-electron chi connectivity index (χ4n) is 3.86. The van der Waals surface area contributed by atoms with Crippen molar-refractivity contribution >= 4 is 20.7 Å². The maximum Gasteiger partial charge on any atom is 0.647 e. The fraction of sp³-hybridized carbons (Fsp3) is 0. The van der Waals surface area contributed by atoms with Gasteiger partial charge in [-0.2, -0.15) is 4.57 Å². The van der Waals surface area contributed by atoms with Gasteiger partial charge in [-0.3, -0.25) is 0 Å². The first-order chi connectivity index (χ1) is 22.0. The lowest BCUT2D eigenvalue weighted by Crippen LogP contribution is -2.14. The van der Waals surface area contributed by atoms with Gasteiger partial charge in [-0.1, -0.05) is 109 Å². The fourth-order valence-corrected chi connectivity index (χ4v) is 6.70. The molecule has 0 saturated heterocycles. The Labute approximate surface area is 262 Å². The van der Waals surface area contributed by atoms with Gasteiger partial charge >= 0.3 is 15.4 Å². The zero-order valence-electron chi connectivity index (χ0n) is 24.1. The first-order valence-electron chi connectivity index (χ1n) is 14.0. The number of hydrogen-bond donors (Lipinski definition) is 0. The molecule has 226 valence electrons. The zero-order valence-corrected chi connectivity index (χ0v) is 25.9. The summed E-state index contributed by atoms with van der Waals surface area (Å²) in [4.78, 5) is 0. The highest BCUT2D eigenvalue weighted by Gasteiger charge is 2.33. The summed E-state index contributed by atoms with van der Waals surface area (Å²) >= 11 is 0. The molecule has 0 atom stereocenters. The highest BCUT2D eigenvalue weighted by Crippen LogP contribution is 2.50. The number of phosphoric acid groups is 1. The highest BCUT2D eigenvalue weighted by molar-refractivity contribution is 7.63. The van der Waals surface area contributed by atoms with Crippen molar-refractivity contribution in [3.63, 3.8) is 0 Å². The number of phosphoric ester groups is 1. The average molecular weight is 637 g/mol. The Morgan fingerprint density at radius 3 is 0.778 bits per heavy atom. The van der Waals surface area contributed by atoms with Gasteiger partial charge in [0.2, 0.25) is 0 Å². The SMILES string of the molecule is O=P(Oc1ccccc1)(Oc1ccccc1)Oc1ccccc1.O=P(Oc1ccccc1)(Oc1ccccc1)c1ccccc1. The van der Waals surface area contributed by atoms with E-state index < -0.39 is 15.4 Å². The number of benzene rings is 6. The van der Waals surface area contributed by atoms with Crippen LogP contribution in [0.1, 0.15) is 0 Å². The minimum Gasteiger partial charge on any atom is -0.413 e. The van der Waals surface area contributed by atoms with Gasteiger partial charge in [0.25, 0.3) is 0 Å². The maximum absolute atomic E-state index is 13.3. The van der Waals surface area contributed by atoms with Gasteiger partial charge in [0, 0.05) is 0 Å². The van der Waals surface area contributed by atoms with Gasteiger partial charge in [-0.25, -0.2) is 4.57 Å². The van der Waals surface area contributed by atoms with E-state index in [1.54, 1.807) is 109 Å². The second-order valence-corrected chi connectivity index (χ2v) is 12.6. The third-order valence-electron chi connectivity index (χ3n) is 5.89. The monoisotopic (exact) mass is 636 g/mol. The summed E-state index contributed by atoms with van der Waals surface area (Å²) in [6, 6.07) is 53.4. The van der Waals surface area contributed by atoms with E-state index in [0.29, 0.717) is 34.1 Å². The lowest BCUT2D eigenvalue weighted by molar-refractivity contribution is 0.298. The van der Waals surface area contributed by atoms with Crippen LogP contribution in [-0.2, 0) is 9.13 Å². The van der Waals surface area contributed by atoms with E-state index >= 15 is 0 Å². The lowest BCUT2D eigenvalue weighted by Gasteiger charge is -2.20. The summed E-state index contributed by atoms with van der Waals surface area (Å²) in [5.41, 5.74) is 0. The van der Waals surface area contributed by atoms with E-state index in [1.807, 2.05) is 72.8 Å². The van der Waals surface area contributed by atoms with Crippen molar-refractivity contribution in [1.29, 1.82) is 0 Å². The summed E-state index contributed by atoms with van der Waals surface area (Å²) in [5, 5.41) is 0.516. The Bertz CT molecular complexity index is 1660. The number of rotatable bonds is 11. The average Bonchev–Trinajstić information content (AvgIpc) is 3.07. The van der Waals surface area contributed by atoms with Crippen molar-refractivity contribution in [2.45, 2.75) is 0 Å². The van der Waals surface area contributed by atoms with Gasteiger partial charge in [-0.05, 0) is 72.8 Å². The molecule has 9 heteroatoms. The van der Waals surface area contributed by atoms with Gasteiger partial charge < -0.3 is 22.6 Å². The smallest absolute Gasteiger partial charge is 0.413 e. The first-order valence-corrected chi connectivity index (χ1v) is 17.0. The van der Waals surface area contributed by atoms with Gasteiger partial charge in [0.15, 0.2) is 0 Å². The van der Waals surface area contributed by atoms with Crippen molar-refractivity contribution in [1.82, 2.24) is 0 Å². The van der Waals surface area contributed by atoms with Crippen LogP contribution in [0.3, 0.4) is 0 Å². The third-order valence-corrected chi connectivity index (χ3v) is 9.03. The van der Waals surface area contributed by atoms with Crippen molar-refractivity contribution in [2.75, 3.05) is 0 Å². The molecule has 0 radical (unpaired) electrons. The highest BCUT2D eigenvalue weighted by atomic mass is 31.2. The van der Waals surface area contributed by atoms with Crippen molar-refractivity contribution in [3.8, 4) is 28.7 Å². The molecule has 0 spiro atoms. The van der Waals surface area contributed by atoms with Crippen LogP contribution in [-0.4, -0.2) is 0 Å². The number of hydrogen-bond acceptors (Lipinski definition) is 7. The quantitative estimate of drug-likeness (QED) is 0.131. The van der Waals surface area contributed by atoms with Crippen LogP contribution < -0.4 is 27.9 Å². The summed E-state index contributed by atoms with van der Waals surface area (Å²) in [5.74, 6) is 2.23. The Balaban J connectivity index is 0.000000178. The molecule has 0 aromatic heterocycles. The van der Waals surface area contributed by atoms with Crippen LogP contribution in [0, 0.1) is 0 Å². The standard InChI is InChI=1S/C18H15O4P.C18H15O3P/c19-23(20-16-10-4-1-5-11-16,21-17-12-6-2-7-13-17)22-18-14-8-3-9-15-18;19-22(18-14-8-3-9-15-18,20-16-10-4-1-5-11-16)21-17-12-6-2-7-13-17/h1-15H;1-15H.